The second kappa shape index (κ2) is 9.77. The van der Waals surface area contributed by atoms with Crippen LogP contribution in [0.3, 0.4) is 0 Å². The Morgan fingerprint density at radius 2 is 2.14 bits per heavy atom. The second-order valence-electron chi connectivity index (χ2n) is 8.43. The molecule has 0 radical (unpaired) electrons. The van der Waals surface area contributed by atoms with Crippen LogP contribution in [0.15, 0.2) is 29.8 Å². The summed E-state index contributed by atoms with van der Waals surface area (Å²) >= 11 is 0.861. The molecule has 3 aromatic heterocycles. The topological polar surface area (TPSA) is 148 Å². The smallest absolute Gasteiger partial charge is 0.388 e. The number of H-pyrrole nitrogens is 1. The Bertz CT molecular complexity index is 1380. The third kappa shape index (κ3) is 5.07. The number of imidazole rings is 1. The number of aromatic amines is 1. The summed E-state index contributed by atoms with van der Waals surface area (Å²) < 4.78 is 68.0. The summed E-state index contributed by atoms with van der Waals surface area (Å²) in [7, 11) is -3.74. The highest BCUT2D eigenvalue weighted by Crippen LogP contribution is 2.41. The van der Waals surface area contributed by atoms with Gasteiger partial charge in [-0.2, -0.15) is 22.7 Å². The van der Waals surface area contributed by atoms with Gasteiger partial charge in [-0.15, -0.1) is 11.3 Å². The molecule has 1 aliphatic rings. The van der Waals surface area contributed by atoms with Crippen molar-refractivity contribution in [3.8, 4) is 16.6 Å². The summed E-state index contributed by atoms with van der Waals surface area (Å²) in [5.74, 6) is -0.259. The van der Waals surface area contributed by atoms with Gasteiger partial charge in [-0.05, 0) is 25.3 Å². The molecule has 4 rings (SSSR count). The number of rotatable bonds is 6. The number of thiophene rings is 1. The molecule has 0 spiro atoms. The number of aliphatic hydroxyl groups excluding tert-OH is 1. The van der Waals surface area contributed by atoms with E-state index in [1.54, 1.807) is 0 Å². The molecule has 1 saturated heterocycles. The van der Waals surface area contributed by atoms with Crippen molar-refractivity contribution in [3.05, 3.63) is 40.8 Å². The maximum Gasteiger partial charge on any atom is 0.420 e. The molecule has 4 heterocycles. The maximum absolute atomic E-state index is 13.7. The van der Waals surface area contributed by atoms with Crippen LogP contribution < -0.4 is 5.32 Å². The molecular weight excluding hydrogens is 519 g/mol. The molecule has 0 aliphatic carbocycles. The summed E-state index contributed by atoms with van der Waals surface area (Å²) in [6.45, 7) is 3.62. The predicted molar refractivity (Wildman–Crippen MR) is 124 cm³/mol. The molecule has 0 amide bonds. The van der Waals surface area contributed by atoms with Gasteiger partial charge >= 0.3 is 6.18 Å². The number of nitriles is 1. The Labute approximate surface area is 208 Å². The van der Waals surface area contributed by atoms with Crippen LogP contribution in [0.4, 0.5) is 19.1 Å². The van der Waals surface area contributed by atoms with Gasteiger partial charge in [-0.3, -0.25) is 0 Å². The van der Waals surface area contributed by atoms with Crippen molar-refractivity contribution >= 4 is 27.3 Å². The highest BCUT2D eigenvalue weighted by Gasteiger charge is 2.38. The average molecular weight is 542 g/mol. The number of piperidine rings is 1. The van der Waals surface area contributed by atoms with Crippen molar-refractivity contribution in [1.82, 2.24) is 24.2 Å². The van der Waals surface area contributed by atoms with Crippen molar-refractivity contribution in [2.24, 2.45) is 5.92 Å². The molecular formula is C21H22F3N7O3S2. The summed E-state index contributed by atoms with van der Waals surface area (Å²) in [6, 6.07) is 2.86. The number of nitrogens with one attached hydrogen (secondary N) is 2. The lowest BCUT2D eigenvalue weighted by Gasteiger charge is -2.36. The van der Waals surface area contributed by atoms with Gasteiger partial charge in [0.1, 0.15) is 11.6 Å². The van der Waals surface area contributed by atoms with Gasteiger partial charge in [0, 0.05) is 25.3 Å². The predicted octanol–water partition coefficient (Wildman–Crippen LogP) is 3.38. The Morgan fingerprint density at radius 3 is 2.69 bits per heavy atom. The van der Waals surface area contributed by atoms with E-state index in [1.807, 2.05) is 13.0 Å². The lowest BCUT2D eigenvalue weighted by Crippen LogP contribution is -2.47. The number of hydrogen-bond donors (Lipinski definition) is 3. The molecule has 0 saturated carbocycles. The van der Waals surface area contributed by atoms with Crippen molar-refractivity contribution in [1.29, 1.82) is 5.26 Å². The van der Waals surface area contributed by atoms with Crippen LogP contribution in [0.5, 0.6) is 0 Å². The van der Waals surface area contributed by atoms with Crippen LogP contribution in [0, 0.1) is 17.2 Å². The van der Waals surface area contributed by atoms with Gasteiger partial charge in [0.05, 0.1) is 39.6 Å². The normalized spacial score (nSPS) is 20.1. The van der Waals surface area contributed by atoms with Gasteiger partial charge in [0.15, 0.2) is 5.03 Å². The molecule has 1 aliphatic heterocycles. The summed E-state index contributed by atoms with van der Waals surface area (Å²) in [6.07, 6.45) is -2.21. The Hall–Kier alpha value is -3.06. The molecule has 1 unspecified atom stereocenters. The average Bonchev–Trinajstić information content (AvgIpc) is 3.50. The van der Waals surface area contributed by atoms with Gasteiger partial charge in [-0.25, -0.2) is 23.4 Å². The van der Waals surface area contributed by atoms with Crippen LogP contribution >= 0.6 is 11.3 Å². The van der Waals surface area contributed by atoms with E-state index in [4.69, 9.17) is 0 Å². The fourth-order valence-corrected chi connectivity index (χ4v) is 6.50. The first-order valence-electron chi connectivity index (χ1n) is 10.8. The van der Waals surface area contributed by atoms with Crippen molar-refractivity contribution in [3.63, 3.8) is 0 Å². The van der Waals surface area contributed by atoms with Crippen molar-refractivity contribution < 1.29 is 26.7 Å². The van der Waals surface area contributed by atoms with Crippen LogP contribution in [0.25, 0.3) is 10.6 Å². The van der Waals surface area contributed by atoms with E-state index >= 15 is 0 Å². The highest BCUT2D eigenvalue weighted by atomic mass is 32.2. The minimum Gasteiger partial charge on any atom is -0.388 e. The second-order valence-corrected chi connectivity index (χ2v) is 11.4. The van der Waals surface area contributed by atoms with Gasteiger partial charge < -0.3 is 15.4 Å². The van der Waals surface area contributed by atoms with E-state index in [-0.39, 0.29) is 51.3 Å². The van der Waals surface area contributed by atoms with Crippen molar-refractivity contribution in [2.75, 3.05) is 18.4 Å². The highest BCUT2D eigenvalue weighted by molar-refractivity contribution is 7.89. The van der Waals surface area contributed by atoms with Crippen LogP contribution in [-0.4, -0.2) is 56.9 Å². The summed E-state index contributed by atoms with van der Waals surface area (Å²) in [4.78, 5) is 14.6. The van der Waals surface area contributed by atoms with Crippen LogP contribution in [0.1, 0.15) is 42.4 Å². The minimum absolute atomic E-state index is 0.0129. The molecule has 0 aromatic carbocycles. The molecule has 15 heteroatoms. The molecule has 10 nitrogen and oxygen atoms in total. The van der Waals surface area contributed by atoms with E-state index in [0.29, 0.717) is 12.6 Å². The number of nitrogens with zero attached hydrogens (tertiary/aromatic N) is 5. The zero-order valence-electron chi connectivity index (χ0n) is 19.1. The monoisotopic (exact) mass is 541 g/mol. The standard InChI is InChI=1S/C21H22F3N7O3S2/c1-11-9-31(36(33,34)17-8-26-10-28-17)4-3-15(11)29-20-27-7-14(21(22,23)24)18(30-20)16-5-13(6-25)19(35-16)12(2)32/h5,7-8,10-12,15,32H,3-4,9H2,1-2H3,(H,26,28)(H,27,29,30)/t11-,12?,15+/m1/s1. The van der Waals surface area contributed by atoms with Crippen LogP contribution in [0.2, 0.25) is 0 Å². The maximum atomic E-state index is 13.7. The van der Waals surface area contributed by atoms with Crippen LogP contribution in [-0.2, 0) is 16.2 Å². The zero-order valence-corrected chi connectivity index (χ0v) is 20.7. The lowest BCUT2D eigenvalue weighted by molar-refractivity contribution is -0.137. The molecule has 3 N–H and O–H groups in total. The third-order valence-electron chi connectivity index (χ3n) is 5.86. The van der Waals surface area contributed by atoms with E-state index in [9.17, 15) is 32.0 Å². The number of aliphatic hydroxyl groups is 1. The Kier molecular flexibility index (Phi) is 7.06. The molecule has 0 bridgehead atoms. The van der Waals surface area contributed by atoms with E-state index in [1.165, 1.54) is 29.8 Å². The summed E-state index contributed by atoms with van der Waals surface area (Å²) in [5.41, 5.74) is -1.39. The van der Waals surface area contributed by atoms with E-state index < -0.39 is 33.6 Å². The molecule has 192 valence electrons. The van der Waals surface area contributed by atoms with E-state index in [0.717, 1.165) is 11.3 Å². The number of anilines is 1. The first kappa shape index (κ1) is 26.0. The number of alkyl halides is 3. The fraction of sp³-hybridized carbons (Fsp3) is 0.429. The largest absolute Gasteiger partial charge is 0.420 e. The Morgan fingerprint density at radius 1 is 1.39 bits per heavy atom. The fourth-order valence-electron chi connectivity index (χ4n) is 4.00. The molecule has 3 aromatic rings. The quantitative estimate of drug-likeness (QED) is 0.430. The molecule has 1 fully saturated rings. The first-order valence-corrected chi connectivity index (χ1v) is 13.1. The SMILES string of the molecule is CC(O)c1sc(-c2nc(N[C@H]3CCN(S(=O)(=O)c4cnc[nH]4)C[C@H]3C)ncc2C(F)(F)F)cc1C#N. The third-order valence-corrected chi connectivity index (χ3v) is 8.96. The Balaban J connectivity index is 1.60. The number of sulfonamides is 1. The molecule has 36 heavy (non-hydrogen) atoms. The van der Waals surface area contributed by atoms with Gasteiger partial charge in [-0.1, -0.05) is 6.92 Å². The zero-order chi connectivity index (χ0) is 26.3. The van der Waals surface area contributed by atoms with E-state index in [2.05, 4.69) is 25.3 Å². The number of aromatic nitrogens is 4. The minimum atomic E-state index is -4.74. The number of hydrogen-bond acceptors (Lipinski definition) is 9. The van der Waals surface area contributed by atoms with Gasteiger partial charge in [0.2, 0.25) is 5.95 Å². The molecule has 3 atom stereocenters. The number of halogens is 3. The lowest BCUT2D eigenvalue weighted by atomic mass is 9.95. The van der Waals surface area contributed by atoms with Crippen molar-refractivity contribution in [2.45, 2.75) is 43.6 Å². The van der Waals surface area contributed by atoms with Gasteiger partial charge in [0.25, 0.3) is 10.0 Å². The summed E-state index contributed by atoms with van der Waals surface area (Å²) in [5, 5.41) is 22.3. The first-order chi connectivity index (χ1) is 16.9.